The molecular formula is C15H16Cl2N2S. The Kier molecular flexibility index (Phi) is 5.70. The molecular weight excluding hydrogens is 311 g/mol. The molecule has 0 N–H and O–H groups in total. The van der Waals surface area contributed by atoms with Crippen LogP contribution in [0.3, 0.4) is 0 Å². The topological polar surface area (TPSA) is 25.8 Å². The van der Waals surface area contributed by atoms with Crippen LogP contribution in [0, 0.1) is 6.92 Å². The van der Waals surface area contributed by atoms with Crippen molar-refractivity contribution in [3.8, 4) is 0 Å². The fourth-order valence-corrected chi connectivity index (χ4v) is 3.33. The van der Waals surface area contributed by atoms with Crippen LogP contribution in [0.15, 0.2) is 29.2 Å². The van der Waals surface area contributed by atoms with Gasteiger partial charge in [0.25, 0.3) is 0 Å². The lowest BCUT2D eigenvalue weighted by atomic mass is 10.2. The fraction of sp³-hybridized carbons (Fsp3) is 0.333. The summed E-state index contributed by atoms with van der Waals surface area (Å²) in [4.78, 5) is 9.87. The van der Waals surface area contributed by atoms with E-state index >= 15 is 0 Å². The number of hydrogen-bond acceptors (Lipinski definition) is 3. The van der Waals surface area contributed by atoms with Crippen molar-refractivity contribution in [3.05, 3.63) is 51.5 Å². The molecule has 2 aromatic rings. The van der Waals surface area contributed by atoms with Crippen LogP contribution in [0.1, 0.15) is 30.3 Å². The van der Waals surface area contributed by atoms with Crippen molar-refractivity contribution in [1.29, 1.82) is 0 Å². The van der Waals surface area contributed by atoms with E-state index in [0.717, 1.165) is 18.4 Å². The average molecular weight is 327 g/mol. The fourth-order valence-electron chi connectivity index (χ4n) is 1.85. The number of aromatic nitrogens is 2. The third kappa shape index (κ3) is 4.11. The lowest BCUT2D eigenvalue weighted by molar-refractivity contribution is 0.888. The van der Waals surface area contributed by atoms with E-state index in [9.17, 15) is 0 Å². The second-order valence-electron chi connectivity index (χ2n) is 4.56. The van der Waals surface area contributed by atoms with Gasteiger partial charge in [0.1, 0.15) is 16.1 Å². The third-order valence-corrected chi connectivity index (χ3v) is 4.43. The highest BCUT2D eigenvalue weighted by molar-refractivity contribution is 7.98. The molecule has 0 fully saturated rings. The second kappa shape index (κ2) is 7.30. The highest BCUT2D eigenvalue weighted by Crippen LogP contribution is 2.26. The second-order valence-corrected chi connectivity index (χ2v) is 6.32. The van der Waals surface area contributed by atoms with Crippen LogP contribution in [0.2, 0.25) is 10.3 Å². The molecule has 0 aliphatic carbocycles. The molecule has 0 spiro atoms. The summed E-state index contributed by atoms with van der Waals surface area (Å²) in [7, 11) is 0. The van der Waals surface area contributed by atoms with Crippen molar-refractivity contribution in [1.82, 2.24) is 9.97 Å². The molecule has 20 heavy (non-hydrogen) atoms. The summed E-state index contributed by atoms with van der Waals surface area (Å²) in [6.45, 7) is 4.15. The van der Waals surface area contributed by atoms with Gasteiger partial charge in [-0.2, -0.15) is 0 Å². The van der Waals surface area contributed by atoms with Gasteiger partial charge in [-0.3, -0.25) is 0 Å². The summed E-state index contributed by atoms with van der Waals surface area (Å²) in [5.74, 6) is 1.33. The van der Waals surface area contributed by atoms with E-state index in [2.05, 4.69) is 42.0 Å². The van der Waals surface area contributed by atoms with Crippen LogP contribution < -0.4 is 0 Å². The average Bonchev–Trinajstić information content (AvgIpc) is 2.41. The van der Waals surface area contributed by atoms with Gasteiger partial charge in [-0.1, -0.05) is 54.2 Å². The molecule has 0 bridgehead atoms. The van der Waals surface area contributed by atoms with Crippen molar-refractivity contribution in [3.63, 3.8) is 0 Å². The lowest BCUT2D eigenvalue weighted by Gasteiger charge is -2.07. The van der Waals surface area contributed by atoms with Gasteiger partial charge < -0.3 is 0 Å². The van der Waals surface area contributed by atoms with E-state index in [1.54, 1.807) is 11.8 Å². The van der Waals surface area contributed by atoms with Crippen molar-refractivity contribution in [2.24, 2.45) is 0 Å². The third-order valence-electron chi connectivity index (χ3n) is 2.81. The first-order valence-electron chi connectivity index (χ1n) is 6.50. The number of benzene rings is 1. The minimum Gasteiger partial charge on any atom is -0.220 e. The Morgan fingerprint density at radius 1 is 1.15 bits per heavy atom. The Bertz CT molecular complexity index is 579. The Morgan fingerprint density at radius 3 is 2.45 bits per heavy atom. The first-order valence-corrected chi connectivity index (χ1v) is 8.24. The van der Waals surface area contributed by atoms with Gasteiger partial charge in [-0.25, -0.2) is 9.97 Å². The zero-order valence-corrected chi connectivity index (χ0v) is 13.8. The summed E-state index contributed by atoms with van der Waals surface area (Å²) in [5, 5.41) is 0.957. The molecule has 5 heteroatoms. The van der Waals surface area contributed by atoms with Crippen molar-refractivity contribution in [2.75, 3.05) is 0 Å². The molecule has 0 saturated heterocycles. The van der Waals surface area contributed by atoms with Crippen LogP contribution >= 0.6 is 35.0 Å². The zero-order chi connectivity index (χ0) is 14.5. The predicted octanol–water partition coefficient (Wildman–Crippen LogP) is 5.34. The van der Waals surface area contributed by atoms with Gasteiger partial charge in [0.05, 0.1) is 5.75 Å². The maximum Gasteiger partial charge on any atom is 0.142 e. The van der Waals surface area contributed by atoms with Gasteiger partial charge in [-0.05, 0) is 25.5 Å². The number of aryl methyl sites for hydroxylation is 1. The molecule has 1 heterocycles. The van der Waals surface area contributed by atoms with E-state index in [-0.39, 0.29) is 0 Å². The number of halogens is 2. The van der Waals surface area contributed by atoms with Crippen molar-refractivity contribution < 1.29 is 0 Å². The Morgan fingerprint density at radius 2 is 1.85 bits per heavy atom. The quantitative estimate of drug-likeness (QED) is 0.548. The highest BCUT2D eigenvalue weighted by Gasteiger charge is 2.11. The molecule has 0 radical (unpaired) electrons. The minimum atomic E-state index is 0.478. The van der Waals surface area contributed by atoms with Gasteiger partial charge >= 0.3 is 0 Å². The summed E-state index contributed by atoms with van der Waals surface area (Å²) in [5.41, 5.74) is 2.09. The number of hydrogen-bond donors (Lipinski definition) is 0. The molecule has 2 nitrogen and oxygen atoms in total. The Hall–Kier alpha value is -0.770. The number of rotatable bonds is 5. The molecule has 0 aliphatic rings. The number of nitrogens with zero attached hydrogens (tertiary/aromatic N) is 2. The highest BCUT2D eigenvalue weighted by atomic mass is 35.5. The maximum atomic E-state index is 6.18. The number of thioether (sulfide) groups is 1. The molecule has 0 atom stereocenters. The summed E-state index contributed by atoms with van der Waals surface area (Å²) in [6.07, 6.45) is 1.78. The van der Waals surface area contributed by atoms with E-state index in [0.29, 0.717) is 21.9 Å². The van der Waals surface area contributed by atoms with Crippen LogP contribution in [0.25, 0.3) is 0 Å². The van der Waals surface area contributed by atoms with E-state index in [1.165, 1.54) is 10.5 Å². The summed E-state index contributed by atoms with van der Waals surface area (Å²) in [6, 6.07) is 8.34. The molecule has 0 unspecified atom stereocenters. The Labute approximate surface area is 133 Å². The lowest BCUT2D eigenvalue weighted by Crippen LogP contribution is -1.99. The monoisotopic (exact) mass is 326 g/mol. The van der Waals surface area contributed by atoms with Gasteiger partial charge in [-0.15, -0.1) is 11.8 Å². The SMILES string of the molecule is CCCc1c(Cl)nc(CSc2cccc(C)c2)nc1Cl. The summed E-state index contributed by atoms with van der Waals surface area (Å²) >= 11 is 14.0. The van der Waals surface area contributed by atoms with E-state index < -0.39 is 0 Å². The normalized spacial score (nSPS) is 10.8. The molecule has 106 valence electrons. The van der Waals surface area contributed by atoms with Gasteiger partial charge in [0, 0.05) is 10.5 Å². The van der Waals surface area contributed by atoms with Gasteiger partial charge in [0.15, 0.2) is 0 Å². The first-order chi connectivity index (χ1) is 9.60. The largest absolute Gasteiger partial charge is 0.220 e. The van der Waals surface area contributed by atoms with E-state index in [4.69, 9.17) is 23.2 Å². The van der Waals surface area contributed by atoms with Crippen LogP contribution in [0.5, 0.6) is 0 Å². The molecule has 1 aromatic carbocycles. The minimum absolute atomic E-state index is 0.478. The predicted molar refractivity (Wildman–Crippen MR) is 86.8 cm³/mol. The van der Waals surface area contributed by atoms with Crippen LogP contribution in [0.4, 0.5) is 0 Å². The molecule has 2 rings (SSSR count). The smallest absolute Gasteiger partial charge is 0.142 e. The Balaban J connectivity index is 2.10. The molecule has 1 aromatic heterocycles. The molecule has 0 amide bonds. The van der Waals surface area contributed by atoms with Crippen LogP contribution in [-0.2, 0) is 12.2 Å². The molecule has 0 saturated carbocycles. The standard InChI is InChI=1S/C15H16Cl2N2S/c1-3-5-12-14(16)18-13(19-15(12)17)9-20-11-7-4-6-10(2)8-11/h4,6-8H,3,5,9H2,1-2H3. The molecule has 0 aliphatic heterocycles. The maximum absolute atomic E-state index is 6.18. The van der Waals surface area contributed by atoms with Crippen LogP contribution in [-0.4, -0.2) is 9.97 Å². The van der Waals surface area contributed by atoms with Crippen molar-refractivity contribution in [2.45, 2.75) is 37.3 Å². The summed E-state index contributed by atoms with van der Waals surface area (Å²) < 4.78 is 0. The van der Waals surface area contributed by atoms with E-state index in [1.807, 2.05) is 6.07 Å². The zero-order valence-electron chi connectivity index (χ0n) is 11.5. The van der Waals surface area contributed by atoms with Crippen molar-refractivity contribution >= 4 is 35.0 Å². The first kappa shape index (κ1) is 15.6. The van der Waals surface area contributed by atoms with Gasteiger partial charge in [0.2, 0.25) is 0 Å².